The summed E-state index contributed by atoms with van der Waals surface area (Å²) in [5.74, 6) is -2.26. The van der Waals surface area contributed by atoms with Crippen LogP contribution in [0.5, 0.6) is 0 Å². The first kappa shape index (κ1) is 44.3. The Balaban J connectivity index is -0.00000000112. The third-order valence-corrected chi connectivity index (χ3v) is 13.6. The molecule has 0 aliphatic heterocycles. The number of carbonyl (C=O) groups excluding carboxylic acids is 2. The normalized spacial score (nSPS) is 31.4. The number of hydrogen-bond donors (Lipinski definition) is 1. The average molecular weight is 955 g/mol. The number of carboxylic acid groups (broad SMARTS) is 1. The standard InChI is InChI=1S/C39H68O7.Na.141H2/c1-18-27(21-24(2)3)32(42)46-39(15)34(8,9)29(44-16)22-28-20-19-25(4)30(37(28,39)13)33(6,7)23-36(12,43)35(10,11)38(14,45-17)26(5)31(40)41;;;;;;;;;;;;;;;;;;;;;;;;;;;;;;;;;;;;;;;;;;;;;;;;;;;;;;;;;;;;;;;;;;;;;;;;;;;;;;;;;;;;;;;;;;;;;;;;;;;;;;;;;;;;;;;;;;;;;;;;;;;;;;;;;;;;;;;;;;;;;;/h19-20,22,24-27,29-30,43H,18,21,23H2,1-17H3,(H,40,41);;141*1H/q;+1;;;;;;;;;;;;;;;;;;;;;;;;;;;;;;;;;;;;;;;;;;;;;;;;;;;;;;;;;;;;;;;;;;;;;;;;;;;;;;;;;;;;;;;;;;;;;;;;;;;;;;;;;;;;;;;;;;;;;;;;;;;;;;;;;;;;;;;;;;;;;/p-1/t25-,26?,27-,29-,30+,36+,37-,38-,39-;;;;;;;;;;;;;;;;;;;;;;;;;;;;;;;;;;;;;;;;;;;;;;;;;;;;;;;;;;;;;;;;;;;;;;;;;;;;;;;;;;;;;;;;;;;;;;;;;;;;;;;;;;;;;;;;;;;;;;;;;;;;;;;;;;;;;;;;;;;;;;/m0............................................................................................................................................../s1. The molecule has 0 saturated carbocycles. The minimum absolute atomic E-state index is 0. The van der Waals surface area contributed by atoms with Crippen LogP contribution in [0.15, 0.2) is 23.8 Å². The average Bonchev–Trinajstić information content (AvgIpc) is 2.92. The van der Waals surface area contributed by atoms with Crippen molar-refractivity contribution in [2.24, 2.45) is 51.2 Å². The van der Waals surface area contributed by atoms with Crippen molar-refractivity contribution in [1.82, 2.24) is 0 Å². The molecule has 9 atom stereocenters. The predicted octanol–water partition coefficient (Wildman–Crippen LogP) is 38.8. The van der Waals surface area contributed by atoms with Gasteiger partial charge in [-0.25, -0.2) is 0 Å². The molecule has 548 valence electrons. The van der Waals surface area contributed by atoms with Gasteiger partial charge in [-0.3, -0.25) is 4.79 Å². The summed E-state index contributed by atoms with van der Waals surface area (Å²) in [4.78, 5) is 26.3. The molecule has 47 heavy (non-hydrogen) atoms. The van der Waals surface area contributed by atoms with Crippen LogP contribution in [0.4, 0.5) is 0 Å². The van der Waals surface area contributed by atoms with Gasteiger partial charge in [-0.2, -0.15) is 0 Å². The number of esters is 1. The summed E-state index contributed by atoms with van der Waals surface area (Å²) in [5.41, 5.74) is -5.34. The molecule has 2 rings (SSSR count). The molecule has 0 aromatic heterocycles. The first-order valence-corrected chi connectivity index (χ1v) is 17.3. The fourth-order valence-corrected chi connectivity index (χ4v) is 9.69. The number of aliphatic carboxylic acids is 1. The van der Waals surface area contributed by atoms with E-state index in [0.717, 1.165) is 12.0 Å². The monoisotopic (exact) mass is 955 g/mol. The van der Waals surface area contributed by atoms with Crippen molar-refractivity contribution in [3.05, 3.63) is 23.8 Å². The Kier molecular flexibility index (Phi) is 14.0. The number of carbonyl (C=O) groups is 2. The van der Waals surface area contributed by atoms with Gasteiger partial charge in [-0.15, -0.1) is 0 Å². The molecule has 0 aromatic rings. The molecule has 1 unspecified atom stereocenters. The Hall–Kier alpha value is -0.700. The summed E-state index contributed by atoms with van der Waals surface area (Å²) in [6.45, 7) is 30.3. The Morgan fingerprint density at radius 3 is 2.00 bits per heavy atom. The summed E-state index contributed by atoms with van der Waals surface area (Å²) < 4.78 is 18.9. The van der Waals surface area contributed by atoms with Gasteiger partial charge >= 0.3 is 35.5 Å². The van der Waals surface area contributed by atoms with E-state index < -0.39 is 50.4 Å². The summed E-state index contributed by atoms with van der Waals surface area (Å²) in [7, 11) is 3.20. The Bertz CT molecular complexity index is 1340. The van der Waals surface area contributed by atoms with E-state index in [2.05, 4.69) is 80.5 Å². The number of allylic oxidation sites excluding steroid dienone is 2. The molecule has 0 aromatic carbocycles. The van der Waals surface area contributed by atoms with Crippen molar-refractivity contribution < 1.29 is 265 Å². The van der Waals surface area contributed by atoms with Crippen LogP contribution >= 0.6 is 0 Å². The molecule has 1 N–H and O–H groups in total. The Morgan fingerprint density at radius 1 is 1.04 bits per heavy atom. The third kappa shape index (κ3) is 7.24. The summed E-state index contributed by atoms with van der Waals surface area (Å²) in [5, 5.41) is 24.6. The van der Waals surface area contributed by atoms with Crippen molar-refractivity contribution in [1.29, 1.82) is 0 Å². The van der Waals surface area contributed by atoms with Gasteiger partial charge in [0.25, 0.3) is 0 Å². The molecule has 0 fully saturated rings. The van der Waals surface area contributed by atoms with E-state index in [4.69, 9.17) is 14.2 Å². The summed E-state index contributed by atoms with van der Waals surface area (Å²) in [6.07, 6.45) is 8.08. The molecule has 7 nitrogen and oxygen atoms in total. The van der Waals surface area contributed by atoms with Gasteiger partial charge in [-0.1, -0.05) is 101 Å². The molecule has 0 radical (unpaired) electrons. The maximum absolute atomic E-state index is 14.1. The molecular weight excluding hydrogens is 603 g/mol. The van der Waals surface area contributed by atoms with Gasteiger partial charge in [0.15, 0.2) is 0 Å². The number of carboxylic acids is 1. The van der Waals surface area contributed by atoms with Crippen molar-refractivity contribution in [2.45, 2.75) is 146 Å². The van der Waals surface area contributed by atoms with E-state index in [1.165, 1.54) is 7.11 Å². The van der Waals surface area contributed by atoms with Crippen LogP contribution in [0.3, 0.4) is 0 Å². The molecule has 2 aliphatic carbocycles. The number of rotatable bonds is 14. The number of aliphatic hydroxyl groups is 1. The van der Waals surface area contributed by atoms with E-state index >= 15 is 0 Å². The maximum atomic E-state index is 14.1. The van der Waals surface area contributed by atoms with Crippen LogP contribution in [0.25, 0.3) is 0 Å². The quantitative estimate of drug-likeness (QED) is 0.137. The van der Waals surface area contributed by atoms with Crippen LogP contribution in [0.2, 0.25) is 0 Å². The number of methoxy groups -OCH3 is 2. The van der Waals surface area contributed by atoms with Gasteiger partial charge in [0.2, 0.25) is 0 Å². The van der Waals surface area contributed by atoms with Crippen molar-refractivity contribution in [2.75, 3.05) is 14.2 Å². The second-order valence-electron chi connectivity index (χ2n) is 17.5. The third-order valence-electron chi connectivity index (χ3n) is 13.6. The van der Waals surface area contributed by atoms with Crippen molar-refractivity contribution in [3.8, 4) is 0 Å². The largest absolute Gasteiger partial charge is 1.00 e. The first-order chi connectivity index (χ1) is 20.7. The SMILES string of the molecule is CC[C@@H](CC(C)C)C(=O)O[C@@]1(C)C(C)(C)[C@@H](OC)C=C2C=C[C@H](C)[C@H](C(C)(C)C[C@@](C)(O)C(C)(C)[C@@](C)(OC)C(C)C(=O)[O-])[C@]21C.[HH].[HH].[HH].[HH].[HH].[HH].[HH].[HH].[HH].[HH].[HH].[HH].[HH].[HH].[HH].[HH].[HH].[HH].[HH].[HH].[HH].[HH].[HH].[HH].[HH].[HH].[HH].[HH].[HH].[HH].[HH].[HH].[HH].[HH].[HH].[HH].[HH].[HH].[HH].[HH].[HH].[HH].[HH].[HH].[HH].[HH].[HH].[HH].[HH].[HH].[HH].[HH].[HH].[HH].[HH].[HH].[HH].[HH].[HH].[HH].[HH].[HH].[HH].[HH].[HH].[HH].[HH].[HH].[HH].[HH].[HH].[HH].[HH].[HH].[HH].[HH].[HH].[HH].[HH].[HH].[HH].[HH].[HH].[HH].[HH].[HH].[HH].[HH].[HH].[HH].[HH].[HH].[HH].[HH].[HH].[HH].[HH].[HH].[HH].[HH].[HH].[HH].[HH].[HH].[HH].[HH].[HH].[HH].[HH].[HH].[HH].[HH].[HH].[HH].[HH].[HH].[HH].[HH].[HH].[HH].[HH].[HH].[HH].[HH].[HH].[HH].[HH].[HH].[HH].[HH].[HH].[HH].[HH].[HH].[HH].[HH].[HH].[HH].[HH].[HH].[HH].[Na+]. The summed E-state index contributed by atoms with van der Waals surface area (Å²) >= 11 is 0. The second kappa shape index (κ2) is 14.9. The molecule has 2 aliphatic rings. The van der Waals surface area contributed by atoms with Crippen LogP contribution in [-0.2, 0) is 23.8 Å². The van der Waals surface area contributed by atoms with Gasteiger partial charge < -0.3 is 29.2 Å². The molecular formula is C39H349NaO7. The van der Waals surface area contributed by atoms with Crippen molar-refractivity contribution in [3.63, 3.8) is 0 Å². The van der Waals surface area contributed by atoms with Crippen molar-refractivity contribution >= 4 is 11.9 Å². The predicted molar refractivity (Wildman–Crippen MR) is 481 cm³/mol. The maximum Gasteiger partial charge on any atom is 1.00 e. The topological polar surface area (TPSA) is 105 Å². The van der Waals surface area contributed by atoms with E-state index in [9.17, 15) is 19.8 Å². The summed E-state index contributed by atoms with van der Waals surface area (Å²) in [6, 6.07) is 0. The molecule has 0 bridgehead atoms. The van der Waals surface area contributed by atoms with Gasteiger partial charge in [0.05, 0.1) is 23.2 Å². The minimum Gasteiger partial charge on any atom is -0.550 e. The molecule has 8 heteroatoms. The van der Waals surface area contributed by atoms with Crippen LogP contribution in [0, 0.1) is 51.2 Å². The fraction of sp³-hybridized carbons (Fsp3) is 0.846. The van der Waals surface area contributed by atoms with E-state index in [1.54, 1.807) is 27.9 Å². The number of hydrogen-bond acceptors (Lipinski definition) is 7. The molecule has 0 saturated heterocycles. The van der Waals surface area contributed by atoms with Crippen LogP contribution in [0.1, 0.15) is 324 Å². The zero-order valence-corrected chi connectivity index (χ0v) is 35.2. The van der Waals surface area contributed by atoms with Crippen LogP contribution < -0.4 is 34.7 Å². The molecule has 0 spiro atoms. The number of ether oxygens (including phenoxy) is 3. The van der Waals surface area contributed by atoms with Gasteiger partial charge in [0.1, 0.15) is 5.60 Å². The molecule has 0 amide bonds. The zero-order valence-electron chi connectivity index (χ0n) is 33.2. The van der Waals surface area contributed by atoms with Gasteiger partial charge in [0, 0.05) is 244 Å². The zero-order chi connectivity index (χ0) is 36.1. The van der Waals surface area contributed by atoms with E-state index in [0.29, 0.717) is 18.8 Å². The van der Waals surface area contributed by atoms with Gasteiger partial charge in [-0.05, 0) is 68.8 Å². The van der Waals surface area contributed by atoms with Crippen LogP contribution in [-0.4, -0.2) is 54.2 Å². The van der Waals surface area contributed by atoms with E-state index in [1.807, 2.05) is 20.8 Å². The fourth-order valence-electron chi connectivity index (χ4n) is 9.69. The molecule has 0 heterocycles. The second-order valence-corrected chi connectivity index (χ2v) is 17.5. The number of fused-ring (bicyclic) bond motifs is 1. The first-order valence-electron chi connectivity index (χ1n) is 17.3. The Labute approximate surface area is 518 Å². The smallest absolute Gasteiger partial charge is 0.550 e. The van der Waals surface area contributed by atoms with E-state index in [-0.39, 0.29) is 261 Å². The minimum atomic E-state index is -1.37. The Morgan fingerprint density at radius 2 is 1.57 bits per heavy atom.